The lowest BCUT2D eigenvalue weighted by Gasteiger charge is -2.23. The maximum atomic E-state index is 6.42. The fourth-order valence-electron chi connectivity index (χ4n) is 3.06. The normalized spacial score (nSPS) is 13.2. The Labute approximate surface area is 152 Å². The minimum atomic E-state index is -0.203. The smallest absolute Gasteiger partial charge is 0.141 e. The van der Waals surface area contributed by atoms with Gasteiger partial charge in [0.05, 0.1) is 17.3 Å². The molecule has 3 N–H and O–H groups in total. The van der Waals surface area contributed by atoms with Crippen LogP contribution in [-0.2, 0) is 0 Å². The van der Waals surface area contributed by atoms with Gasteiger partial charge in [-0.05, 0) is 50.5 Å². The van der Waals surface area contributed by atoms with Crippen LogP contribution in [0.2, 0.25) is 5.02 Å². The second-order valence-electron chi connectivity index (χ2n) is 7.22. The van der Waals surface area contributed by atoms with Crippen LogP contribution in [0.5, 0.6) is 5.75 Å². The SMILES string of the molecule is C[C@H](COc1ccc(-c2ncnc3[nH]ccc23)cc1Cl)CC(C)(C)N. The zero-order valence-electron chi connectivity index (χ0n) is 14.7. The molecule has 0 saturated heterocycles. The van der Waals surface area contributed by atoms with Gasteiger partial charge < -0.3 is 15.5 Å². The third kappa shape index (κ3) is 4.30. The third-order valence-electron chi connectivity index (χ3n) is 3.96. The molecule has 0 aliphatic heterocycles. The van der Waals surface area contributed by atoms with Crippen molar-refractivity contribution in [2.75, 3.05) is 6.61 Å². The fourth-order valence-corrected chi connectivity index (χ4v) is 3.29. The number of nitrogens with two attached hydrogens (primary N) is 1. The summed E-state index contributed by atoms with van der Waals surface area (Å²) in [4.78, 5) is 11.7. The van der Waals surface area contributed by atoms with E-state index in [2.05, 4.69) is 21.9 Å². The fraction of sp³-hybridized carbons (Fsp3) is 0.368. The number of H-pyrrole nitrogens is 1. The first-order chi connectivity index (χ1) is 11.8. The van der Waals surface area contributed by atoms with Gasteiger partial charge in [-0.2, -0.15) is 0 Å². The molecular weight excluding hydrogens is 336 g/mol. The first kappa shape index (κ1) is 17.7. The summed E-state index contributed by atoms with van der Waals surface area (Å²) in [6.07, 6.45) is 4.28. The molecule has 0 aliphatic rings. The average Bonchev–Trinajstić information content (AvgIpc) is 3.00. The Bertz CT molecular complexity index is 869. The molecule has 0 spiro atoms. The molecule has 1 atom stereocenters. The van der Waals surface area contributed by atoms with Crippen LogP contribution in [0.3, 0.4) is 0 Å². The molecule has 0 radical (unpaired) electrons. The Balaban J connectivity index is 1.76. The van der Waals surface area contributed by atoms with Crippen molar-refractivity contribution >= 4 is 22.6 Å². The minimum absolute atomic E-state index is 0.203. The van der Waals surface area contributed by atoms with Gasteiger partial charge in [-0.25, -0.2) is 9.97 Å². The maximum Gasteiger partial charge on any atom is 0.141 e. The van der Waals surface area contributed by atoms with Crippen LogP contribution in [0.25, 0.3) is 22.3 Å². The van der Waals surface area contributed by atoms with Gasteiger partial charge in [0, 0.05) is 22.7 Å². The minimum Gasteiger partial charge on any atom is -0.492 e. The predicted octanol–water partition coefficient (Wildman–Crippen LogP) is 4.42. The number of fused-ring (bicyclic) bond motifs is 1. The number of aromatic amines is 1. The molecule has 25 heavy (non-hydrogen) atoms. The van der Waals surface area contributed by atoms with Crippen molar-refractivity contribution in [3.8, 4) is 17.0 Å². The van der Waals surface area contributed by atoms with Crippen molar-refractivity contribution in [3.05, 3.63) is 41.8 Å². The van der Waals surface area contributed by atoms with Crippen molar-refractivity contribution in [2.45, 2.75) is 32.7 Å². The van der Waals surface area contributed by atoms with Gasteiger partial charge in [-0.1, -0.05) is 18.5 Å². The summed E-state index contributed by atoms with van der Waals surface area (Å²) in [7, 11) is 0. The molecule has 0 fully saturated rings. The lowest BCUT2D eigenvalue weighted by atomic mass is 9.93. The summed E-state index contributed by atoms with van der Waals surface area (Å²) >= 11 is 6.42. The van der Waals surface area contributed by atoms with E-state index in [-0.39, 0.29) is 5.54 Å². The standard InChI is InChI=1S/C19H23ClN4O/c1-12(9-19(2,3)21)10-25-16-5-4-13(8-15(16)20)17-14-6-7-22-18(14)24-11-23-17/h4-8,11-12H,9-10,21H2,1-3H3,(H,22,23,24)/t12-/m0/s1. The van der Waals surface area contributed by atoms with Crippen molar-refractivity contribution < 1.29 is 4.74 Å². The van der Waals surface area contributed by atoms with Crippen molar-refractivity contribution in [1.29, 1.82) is 0 Å². The Hall–Kier alpha value is -2.11. The number of hydrogen-bond donors (Lipinski definition) is 2. The van der Waals surface area contributed by atoms with E-state index < -0.39 is 0 Å². The monoisotopic (exact) mass is 358 g/mol. The van der Waals surface area contributed by atoms with Crippen LogP contribution >= 0.6 is 11.6 Å². The van der Waals surface area contributed by atoms with Crippen LogP contribution in [0, 0.1) is 5.92 Å². The van der Waals surface area contributed by atoms with Gasteiger partial charge in [0.25, 0.3) is 0 Å². The van der Waals surface area contributed by atoms with Crippen LogP contribution in [0.15, 0.2) is 36.8 Å². The molecule has 1 aromatic carbocycles. The molecule has 0 aliphatic carbocycles. The van der Waals surface area contributed by atoms with Gasteiger partial charge in [0.2, 0.25) is 0 Å². The Morgan fingerprint density at radius 2 is 2.08 bits per heavy atom. The molecule has 6 heteroatoms. The number of nitrogens with zero attached hydrogens (tertiary/aromatic N) is 2. The summed E-state index contributed by atoms with van der Waals surface area (Å²) in [5, 5.41) is 1.53. The van der Waals surface area contributed by atoms with Crippen LogP contribution < -0.4 is 10.5 Å². The van der Waals surface area contributed by atoms with E-state index in [1.807, 2.05) is 44.3 Å². The topological polar surface area (TPSA) is 76.8 Å². The van der Waals surface area contributed by atoms with Gasteiger partial charge >= 0.3 is 0 Å². The molecule has 0 amide bonds. The van der Waals surface area contributed by atoms with E-state index in [1.165, 1.54) is 0 Å². The Kier molecular flexibility index (Phi) is 4.97. The predicted molar refractivity (Wildman–Crippen MR) is 102 cm³/mol. The van der Waals surface area contributed by atoms with E-state index in [0.717, 1.165) is 28.7 Å². The number of hydrogen-bond acceptors (Lipinski definition) is 4. The molecule has 2 aromatic heterocycles. The lowest BCUT2D eigenvalue weighted by molar-refractivity contribution is 0.229. The molecule has 0 saturated carbocycles. The van der Waals surface area contributed by atoms with Crippen molar-refractivity contribution in [1.82, 2.24) is 15.0 Å². The highest BCUT2D eigenvalue weighted by molar-refractivity contribution is 6.32. The van der Waals surface area contributed by atoms with Gasteiger partial charge in [-0.15, -0.1) is 0 Å². The van der Waals surface area contributed by atoms with E-state index in [1.54, 1.807) is 6.33 Å². The highest BCUT2D eigenvalue weighted by Gasteiger charge is 2.17. The number of ether oxygens (including phenoxy) is 1. The van der Waals surface area contributed by atoms with E-state index >= 15 is 0 Å². The second kappa shape index (κ2) is 7.02. The maximum absolute atomic E-state index is 6.42. The van der Waals surface area contributed by atoms with Crippen LogP contribution in [-0.4, -0.2) is 27.1 Å². The van der Waals surface area contributed by atoms with Crippen LogP contribution in [0.1, 0.15) is 27.2 Å². The second-order valence-corrected chi connectivity index (χ2v) is 7.62. The zero-order valence-corrected chi connectivity index (χ0v) is 15.5. The zero-order chi connectivity index (χ0) is 18.0. The van der Waals surface area contributed by atoms with Gasteiger partial charge in [0.1, 0.15) is 17.7 Å². The van der Waals surface area contributed by atoms with E-state index in [9.17, 15) is 0 Å². The highest BCUT2D eigenvalue weighted by Crippen LogP contribution is 2.32. The molecule has 5 nitrogen and oxygen atoms in total. The van der Waals surface area contributed by atoms with Gasteiger partial charge in [0.15, 0.2) is 0 Å². The number of rotatable bonds is 6. The summed E-state index contributed by atoms with van der Waals surface area (Å²) in [6.45, 7) is 6.75. The van der Waals surface area contributed by atoms with Gasteiger partial charge in [-0.3, -0.25) is 0 Å². The molecule has 3 aromatic rings. The summed E-state index contributed by atoms with van der Waals surface area (Å²) in [6, 6.07) is 7.69. The molecule has 132 valence electrons. The van der Waals surface area contributed by atoms with Crippen molar-refractivity contribution in [2.24, 2.45) is 11.7 Å². The number of halogens is 1. The van der Waals surface area contributed by atoms with Crippen molar-refractivity contribution in [3.63, 3.8) is 0 Å². The van der Waals surface area contributed by atoms with Crippen LogP contribution in [0.4, 0.5) is 0 Å². The quantitative estimate of drug-likeness (QED) is 0.683. The molecule has 0 bridgehead atoms. The van der Waals surface area contributed by atoms with E-state index in [4.69, 9.17) is 22.1 Å². The lowest BCUT2D eigenvalue weighted by Crippen LogP contribution is -2.35. The average molecular weight is 359 g/mol. The molecule has 2 heterocycles. The first-order valence-corrected chi connectivity index (χ1v) is 8.71. The number of benzene rings is 1. The summed E-state index contributed by atoms with van der Waals surface area (Å²) in [5.41, 5.74) is 8.44. The largest absolute Gasteiger partial charge is 0.492 e. The molecule has 3 rings (SSSR count). The third-order valence-corrected chi connectivity index (χ3v) is 4.25. The highest BCUT2D eigenvalue weighted by atomic mass is 35.5. The molecule has 0 unspecified atom stereocenters. The Morgan fingerprint density at radius 1 is 1.28 bits per heavy atom. The Morgan fingerprint density at radius 3 is 2.80 bits per heavy atom. The summed E-state index contributed by atoms with van der Waals surface area (Å²) < 4.78 is 5.88. The number of aromatic nitrogens is 3. The van der Waals surface area contributed by atoms with E-state index in [0.29, 0.717) is 23.3 Å². The number of nitrogens with one attached hydrogen (secondary N) is 1. The first-order valence-electron chi connectivity index (χ1n) is 8.33. The summed E-state index contributed by atoms with van der Waals surface area (Å²) in [5.74, 6) is 1.02. The molecular formula is C19H23ClN4O.